The molecule has 1 saturated heterocycles. The molecule has 2 aromatic rings. The molecule has 1 aliphatic heterocycles. The molecule has 4 nitrogen and oxygen atoms in total. The van der Waals surface area contributed by atoms with Gasteiger partial charge in [0.15, 0.2) is 0 Å². The first-order chi connectivity index (χ1) is 11.6. The van der Waals surface area contributed by atoms with Gasteiger partial charge in [0.25, 0.3) is 0 Å². The van der Waals surface area contributed by atoms with Gasteiger partial charge in [-0.25, -0.2) is 0 Å². The zero-order valence-corrected chi connectivity index (χ0v) is 14.4. The molecule has 3 rings (SSSR count). The Morgan fingerprint density at radius 1 is 1.04 bits per heavy atom. The van der Waals surface area contributed by atoms with E-state index in [9.17, 15) is 4.79 Å². The highest BCUT2D eigenvalue weighted by molar-refractivity contribution is 6.31. The fourth-order valence-electron chi connectivity index (χ4n) is 3.02. The molecule has 1 heterocycles. The van der Waals surface area contributed by atoms with Crippen LogP contribution in [0, 0.1) is 0 Å². The van der Waals surface area contributed by atoms with Crippen LogP contribution in [-0.2, 0) is 17.8 Å². The Kier molecular flexibility index (Phi) is 5.38. The van der Waals surface area contributed by atoms with E-state index < -0.39 is 0 Å². The van der Waals surface area contributed by atoms with Gasteiger partial charge >= 0.3 is 0 Å². The standard InChI is InChI=1S/C19H22ClN3O/c20-18-7-2-1-5-16(18)13-19(24)23-10-8-22(9-11-23)14-15-4-3-6-17(21)12-15/h1-7,12H,8-11,13-14,21H2. The largest absolute Gasteiger partial charge is 0.399 e. The van der Waals surface area contributed by atoms with E-state index in [2.05, 4.69) is 11.0 Å². The van der Waals surface area contributed by atoms with Crippen molar-refractivity contribution in [2.45, 2.75) is 13.0 Å². The zero-order chi connectivity index (χ0) is 16.9. The number of halogens is 1. The number of carbonyl (C=O) groups excluding carboxylic acids is 1. The zero-order valence-electron chi connectivity index (χ0n) is 13.6. The molecule has 1 aliphatic rings. The van der Waals surface area contributed by atoms with Crippen LogP contribution in [0.4, 0.5) is 5.69 Å². The van der Waals surface area contributed by atoms with E-state index in [0.717, 1.165) is 44.0 Å². The lowest BCUT2D eigenvalue weighted by molar-refractivity contribution is -0.132. The molecule has 0 unspecified atom stereocenters. The van der Waals surface area contributed by atoms with Crippen molar-refractivity contribution in [1.82, 2.24) is 9.80 Å². The van der Waals surface area contributed by atoms with E-state index in [1.807, 2.05) is 47.4 Å². The summed E-state index contributed by atoms with van der Waals surface area (Å²) < 4.78 is 0. The molecule has 1 fully saturated rings. The molecule has 0 aliphatic carbocycles. The van der Waals surface area contributed by atoms with Gasteiger partial charge in [0.05, 0.1) is 6.42 Å². The smallest absolute Gasteiger partial charge is 0.227 e. The number of nitrogens with two attached hydrogens (primary N) is 1. The maximum Gasteiger partial charge on any atom is 0.227 e. The fraction of sp³-hybridized carbons (Fsp3) is 0.316. The molecule has 2 N–H and O–H groups in total. The van der Waals surface area contributed by atoms with Crippen LogP contribution in [0.5, 0.6) is 0 Å². The van der Waals surface area contributed by atoms with E-state index >= 15 is 0 Å². The average Bonchev–Trinajstić information content (AvgIpc) is 2.57. The molecule has 126 valence electrons. The summed E-state index contributed by atoms with van der Waals surface area (Å²) in [5.74, 6) is 0.145. The van der Waals surface area contributed by atoms with Gasteiger partial charge in [0.2, 0.25) is 5.91 Å². The van der Waals surface area contributed by atoms with E-state index in [-0.39, 0.29) is 5.91 Å². The topological polar surface area (TPSA) is 49.6 Å². The number of amides is 1. The van der Waals surface area contributed by atoms with Crippen molar-refractivity contribution in [2.75, 3.05) is 31.9 Å². The minimum atomic E-state index is 0.145. The third-order valence-electron chi connectivity index (χ3n) is 4.38. The second-order valence-electron chi connectivity index (χ2n) is 6.17. The number of piperazine rings is 1. The van der Waals surface area contributed by atoms with Crippen molar-refractivity contribution in [1.29, 1.82) is 0 Å². The van der Waals surface area contributed by atoms with Crippen LogP contribution in [0.2, 0.25) is 5.02 Å². The van der Waals surface area contributed by atoms with Crippen molar-refractivity contribution >= 4 is 23.2 Å². The highest BCUT2D eigenvalue weighted by atomic mass is 35.5. The quantitative estimate of drug-likeness (QED) is 0.868. The Bertz CT molecular complexity index is 711. The molecule has 0 spiro atoms. The summed E-state index contributed by atoms with van der Waals surface area (Å²) in [5.41, 5.74) is 8.73. The molecular formula is C19H22ClN3O. The maximum absolute atomic E-state index is 12.5. The minimum Gasteiger partial charge on any atom is -0.399 e. The predicted octanol–water partition coefficient (Wildman–Crippen LogP) is 2.81. The summed E-state index contributed by atoms with van der Waals surface area (Å²) >= 11 is 6.14. The van der Waals surface area contributed by atoms with Crippen LogP contribution >= 0.6 is 11.6 Å². The molecule has 2 aromatic carbocycles. The van der Waals surface area contributed by atoms with Gasteiger partial charge in [-0.3, -0.25) is 9.69 Å². The van der Waals surface area contributed by atoms with Crippen molar-refractivity contribution in [3.8, 4) is 0 Å². The average molecular weight is 344 g/mol. The first kappa shape index (κ1) is 16.8. The van der Waals surface area contributed by atoms with Crippen molar-refractivity contribution in [3.63, 3.8) is 0 Å². The number of rotatable bonds is 4. The van der Waals surface area contributed by atoms with E-state index in [4.69, 9.17) is 17.3 Å². The van der Waals surface area contributed by atoms with Gasteiger partial charge < -0.3 is 10.6 Å². The lowest BCUT2D eigenvalue weighted by Crippen LogP contribution is -2.48. The lowest BCUT2D eigenvalue weighted by atomic mass is 10.1. The van der Waals surface area contributed by atoms with Gasteiger partial charge in [-0.1, -0.05) is 41.9 Å². The lowest BCUT2D eigenvalue weighted by Gasteiger charge is -2.35. The monoisotopic (exact) mass is 343 g/mol. The van der Waals surface area contributed by atoms with Gasteiger partial charge in [-0.2, -0.15) is 0 Å². The molecule has 24 heavy (non-hydrogen) atoms. The molecule has 1 amide bonds. The van der Waals surface area contributed by atoms with Gasteiger partial charge in [-0.15, -0.1) is 0 Å². The SMILES string of the molecule is Nc1cccc(CN2CCN(C(=O)Cc3ccccc3Cl)CC2)c1. The molecule has 5 heteroatoms. The third kappa shape index (κ3) is 4.28. The van der Waals surface area contributed by atoms with Crippen LogP contribution in [-0.4, -0.2) is 41.9 Å². The summed E-state index contributed by atoms with van der Waals surface area (Å²) in [7, 11) is 0. The highest BCUT2D eigenvalue weighted by Gasteiger charge is 2.21. The summed E-state index contributed by atoms with van der Waals surface area (Å²) in [6.45, 7) is 4.14. The van der Waals surface area contributed by atoms with Crippen LogP contribution in [0.25, 0.3) is 0 Å². The van der Waals surface area contributed by atoms with Crippen molar-refractivity contribution in [3.05, 3.63) is 64.7 Å². The second kappa shape index (κ2) is 7.69. The number of hydrogen-bond donors (Lipinski definition) is 1. The van der Waals surface area contributed by atoms with Crippen LogP contribution in [0.3, 0.4) is 0 Å². The Hall–Kier alpha value is -2.04. The number of carbonyl (C=O) groups is 1. The van der Waals surface area contributed by atoms with Gasteiger partial charge in [0.1, 0.15) is 0 Å². The Balaban J connectivity index is 1.51. The van der Waals surface area contributed by atoms with Gasteiger partial charge in [-0.05, 0) is 29.3 Å². The Morgan fingerprint density at radius 3 is 2.50 bits per heavy atom. The van der Waals surface area contributed by atoms with Crippen LogP contribution < -0.4 is 5.73 Å². The van der Waals surface area contributed by atoms with Crippen LogP contribution in [0.1, 0.15) is 11.1 Å². The number of anilines is 1. The Morgan fingerprint density at radius 2 is 1.79 bits per heavy atom. The summed E-state index contributed by atoms with van der Waals surface area (Å²) in [6.07, 6.45) is 0.370. The summed E-state index contributed by atoms with van der Waals surface area (Å²) in [4.78, 5) is 16.7. The number of benzene rings is 2. The highest BCUT2D eigenvalue weighted by Crippen LogP contribution is 2.17. The molecule has 0 atom stereocenters. The first-order valence-electron chi connectivity index (χ1n) is 8.20. The molecule has 0 bridgehead atoms. The normalized spacial score (nSPS) is 15.5. The van der Waals surface area contributed by atoms with Crippen molar-refractivity contribution in [2.24, 2.45) is 0 Å². The molecule has 0 aromatic heterocycles. The number of hydrogen-bond acceptors (Lipinski definition) is 3. The fourth-order valence-corrected chi connectivity index (χ4v) is 3.22. The number of nitrogen functional groups attached to an aromatic ring is 1. The first-order valence-corrected chi connectivity index (χ1v) is 8.57. The van der Waals surface area contributed by atoms with Gasteiger partial charge in [0, 0.05) is 43.4 Å². The number of nitrogens with zero attached hydrogens (tertiary/aromatic N) is 2. The summed E-state index contributed by atoms with van der Waals surface area (Å²) in [5, 5.41) is 0.658. The molecule has 0 saturated carbocycles. The van der Waals surface area contributed by atoms with E-state index in [1.54, 1.807) is 0 Å². The second-order valence-corrected chi connectivity index (χ2v) is 6.58. The molecular weight excluding hydrogens is 322 g/mol. The Labute approximate surface area is 147 Å². The van der Waals surface area contributed by atoms with E-state index in [0.29, 0.717) is 11.4 Å². The van der Waals surface area contributed by atoms with Crippen LogP contribution in [0.15, 0.2) is 48.5 Å². The minimum absolute atomic E-state index is 0.145. The predicted molar refractivity (Wildman–Crippen MR) is 97.9 cm³/mol. The maximum atomic E-state index is 12.5. The molecule has 0 radical (unpaired) electrons. The van der Waals surface area contributed by atoms with Crippen molar-refractivity contribution < 1.29 is 4.79 Å². The third-order valence-corrected chi connectivity index (χ3v) is 4.75. The van der Waals surface area contributed by atoms with E-state index in [1.165, 1.54) is 5.56 Å². The summed E-state index contributed by atoms with van der Waals surface area (Å²) in [6, 6.07) is 15.5.